The molecule has 1 N–H and O–H groups in total. The maximum Gasteiger partial charge on any atom is 0.433 e. The van der Waals surface area contributed by atoms with Crippen LogP contribution in [0, 0.1) is 0 Å². The zero-order valence-corrected chi connectivity index (χ0v) is 13.0. The highest BCUT2D eigenvalue weighted by Crippen LogP contribution is 2.31. The van der Waals surface area contributed by atoms with Gasteiger partial charge in [-0.1, -0.05) is 11.8 Å². The third-order valence-corrected chi connectivity index (χ3v) is 3.78. The van der Waals surface area contributed by atoms with Crippen LogP contribution in [-0.4, -0.2) is 24.2 Å². The monoisotopic (exact) mass is 346 g/mol. The summed E-state index contributed by atoms with van der Waals surface area (Å²) in [5.41, 5.74) is -1.37. The number of nitrogens with zero attached hydrogens (tertiary/aromatic N) is 1. The van der Waals surface area contributed by atoms with Crippen molar-refractivity contribution in [2.75, 3.05) is 14.2 Å². The Kier molecular flexibility index (Phi) is 5.19. The number of H-pyrrole nitrogens is 1. The van der Waals surface area contributed by atoms with Gasteiger partial charge < -0.3 is 14.5 Å². The van der Waals surface area contributed by atoms with Crippen LogP contribution in [0.4, 0.5) is 13.2 Å². The molecule has 2 rings (SSSR count). The highest BCUT2D eigenvalue weighted by molar-refractivity contribution is 7.98. The normalized spacial score (nSPS) is 11.3. The van der Waals surface area contributed by atoms with Crippen LogP contribution < -0.4 is 15.0 Å². The fourth-order valence-electron chi connectivity index (χ4n) is 1.79. The summed E-state index contributed by atoms with van der Waals surface area (Å²) >= 11 is 0.964. The van der Waals surface area contributed by atoms with Gasteiger partial charge in [0.05, 0.1) is 14.2 Å². The summed E-state index contributed by atoms with van der Waals surface area (Å²) in [6.45, 7) is 0. The lowest BCUT2D eigenvalue weighted by molar-refractivity contribution is -0.141. The third kappa shape index (κ3) is 4.41. The van der Waals surface area contributed by atoms with Gasteiger partial charge in [0.15, 0.2) is 10.9 Å². The predicted molar refractivity (Wildman–Crippen MR) is 79.0 cm³/mol. The molecule has 0 amide bonds. The number of hydrogen-bond acceptors (Lipinski definition) is 5. The molecule has 23 heavy (non-hydrogen) atoms. The van der Waals surface area contributed by atoms with Gasteiger partial charge in [-0.2, -0.15) is 13.2 Å². The van der Waals surface area contributed by atoms with Crippen LogP contribution >= 0.6 is 11.8 Å². The van der Waals surface area contributed by atoms with Crippen LogP contribution in [0.1, 0.15) is 11.3 Å². The van der Waals surface area contributed by atoms with Gasteiger partial charge in [0, 0.05) is 17.4 Å². The summed E-state index contributed by atoms with van der Waals surface area (Å²) in [6.07, 6.45) is -4.67. The Morgan fingerprint density at radius 2 is 1.96 bits per heavy atom. The van der Waals surface area contributed by atoms with Crippen molar-refractivity contribution in [3.63, 3.8) is 0 Å². The minimum Gasteiger partial charge on any atom is -0.497 e. The number of thioether (sulfide) groups is 1. The number of methoxy groups -OCH3 is 2. The smallest absolute Gasteiger partial charge is 0.433 e. The Hall–Kier alpha value is -2.16. The summed E-state index contributed by atoms with van der Waals surface area (Å²) in [5.74, 6) is 1.41. The molecule has 0 radical (unpaired) electrons. The average Bonchev–Trinajstić information content (AvgIpc) is 2.51. The SMILES string of the molecule is COc1ccc(OC)c(CSc2nc(C(F)(F)F)cc(=O)[nH]2)c1. The van der Waals surface area contributed by atoms with Gasteiger partial charge in [-0.05, 0) is 18.2 Å². The molecule has 5 nitrogen and oxygen atoms in total. The van der Waals surface area contributed by atoms with E-state index < -0.39 is 17.4 Å². The number of benzene rings is 1. The Labute approximate surface area is 133 Å². The molecule has 1 aromatic carbocycles. The lowest BCUT2D eigenvalue weighted by atomic mass is 10.2. The zero-order valence-electron chi connectivity index (χ0n) is 12.2. The van der Waals surface area contributed by atoms with E-state index in [1.807, 2.05) is 0 Å². The van der Waals surface area contributed by atoms with Crippen LogP contribution in [0.15, 0.2) is 34.2 Å². The summed E-state index contributed by atoms with van der Waals surface area (Å²) in [4.78, 5) is 17.0. The van der Waals surface area contributed by atoms with Gasteiger partial charge in [0.1, 0.15) is 11.5 Å². The minimum absolute atomic E-state index is 0.116. The second kappa shape index (κ2) is 6.95. The molecule has 0 aliphatic heterocycles. The fourth-order valence-corrected chi connectivity index (χ4v) is 2.64. The average molecular weight is 346 g/mol. The van der Waals surface area contributed by atoms with Crippen molar-refractivity contribution < 1.29 is 22.6 Å². The summed E-state index contributed by atoms with van der Waals surface area (Å²) in [5, 5.41) is -0.116. The highest BCUT2D eigenvalue weighted by atomic mass is 32.2. The molecule has 0 unspecified atom stereocenters. The van der Waals surface area contributed by atoms with E-state index in [-0.39, 0.29) is 10.9 Å². The first-order valence-electron chi connectivity index (χ1n) is 6.35. The summed E-state index contributed by atoms with van der Waals surface area (Å²) in [7, 11) is 2.99. The van der Waals surface area contributed by atoms with E-state index in [4.69, 9.17) is 9.47 Å². The van der Waals surface area contributed by atoms with Gasteiger partial charge in [0.25, 0.3) is 5.56 Å². The van der Waals surface area contributed by atoms with E-state index in [0.717, 1.165) is 11.8 Å². The molecular formula is C14H13F3N2O3S. The highest BCUT2D eigenvalue weighted by Gasteiger charge is 2.33. The van der Waals surface area contributed by atoms with E-state index >= 15 is 0 Å². The fraction of sp³-hybridized carbons (Fsp3) is 0.286. The topological polar surface area (TPSA) is 64.2 Å². The molecule has 1 heterocycles. The maximum atomic E-state index is 12.7. The molecular weight excluding hydrogens is 333 g/mol. The minimum atomic E-state index is -4.67. The van der Waals surface area contributed by atoms with Crippen LogP contribution in [0.2, 0.25) is 0 Å². The van der Waals surface area contributed by atoms with Crippen LogP contribution in [0.3, 0.4) is 0 Å². The van der Waals surface area contributed by atoms with Crippen LogP contribution in [-0.2, 0) is 11.9 Å². The maximum absolute atomic E-state index is 12.7. The first kappa shape index (κ1) is 17.2. The molecule has 0 aliphatic carbocycles. The molecule has 124 valence electrons. The van der Waals surface area contributed by atoms with Gasteiger partial charge in [-0.15, -0.1) is 0 Å². The van der Waals surface area contributed by atoms with Crippen molar-refractivity contribution >= 4 is 11.8 Å². The van der Waals surface area contributed by atoms with Crippen molar-refractivity contribution in [3.8, 4) is 11.5 Å². The number of ether oxygens (including phenoxy) is 2. The second-order valence-electron chi connectivity index (χ2n) is 4.40. The van der Waals surface area contributed by atoms with Gasteiger partial charge in [-0.3, -0.25) is 4.79 Å². The van der Waals surface area contributed by atoms with Crippen LogP contribution in [0.5, 0.6) is 11.5 Å². The first-order chi connectivity index (χ1) is 10.8. The standard InChI is InChI=1S/C14H13F3N2O3S/c1-21-9-3-4-10(22-2)8(5-9)7-23-13-18-11(14(15,16)17)6-12(20)19-13/h3-6H,7H2,1-2H3,(H,18,19,20). The molecule has 0 saturated carbocycles. The predicted octanol–water partition coefficient (Wildman–Crippen LogP) is 3.10. The number of rotatable bonds is 5. The molecule has 0 spiro atoms. The molecule has 0 bridgehead atoms. The molecule has 2 aromatic rings. The number of aromatic nitrogens is 2. The first-order valence-corrected chi connectivity index (χ1v) is 7.34. The lowest BCUT2D eigenvalue weighted by Gasteiger charge is -2.10. The van der Waals surface area contributed by atoms with Crippen molar-refractivity contribution in [3.05, 3.63) is 45.9 Å². The number of aromatic amines is 1. The molecule has 0 atom stereocenters. The quantitative estimate of drug-likeness (QED) is 0.666. The lowest BCUT2D eigenvalue weighted by Crippen LogP contribution is -2.16. The van der Waals surface area contributed by atoms with Crippen molar-refractivity contribution in [1.29, 1.82) is 0 Å². The Morgan fingerprint density at radius 1 is 1.22 bits per heavy atom. The largest absolute Gasteiger partial charge is 0.497 e. The third-order valence-electron chi connectivity index (χ3n) is 2.86. The second-order valence-corrected chi connectivity index (χ2v) is 5.36. The van der Waals surface area contributed by atoms with Crippen molar-refractivity contribution in [1.82, 2.24) is 9.97 Å². The summed E-state index contributed by atoms with van der Waals surface area (Å²) in [6, 6.07) is 5.53. The van der Waals surface area contributed by atoms with E-state index in [2.05, 4.69) is 9.97 Å². The number of alkyl halides is 3. The van der Waals surface area contributed by atoms with Crippen molar-refractivity contribution in [2.24, 2.45) is 0 Å². The van der Waals surface area contributed by atoms with E-state index in [1.165, 1.54) is 14.2 Å². The Bertz CT molecular complexity index is 747. The number of nitrogens with one attached hydrogen (secondary N) is 1. The molecule has 0 saturated heterocycles. The Balaban J connectivity index is 2.24. The van der Waals surface area contributed by atoms with Crippen molar-refractivity contribution in [2.45, 2.75) is 17.1 Å². The van der Waals surface area contributed by atoms with E-state index in [1.54, 1.807) is 18.2 Å². The molecule has 9 heteroatoms. The van der Waals surface area contributed by atoms with E-state index in [0.29, 0.717) is 23.1 Å². The molecule has 1 aromatic heterocycles. The zero-order chi connectivity index (χ0) is 17.0. The number of halogens is 3. The molecule has 0 aliphatic rings. The van der Waals surface area contributed by atoms with Crippen LogP contribution in [0.25, 0.3) is 0 Å². The van der Waals surface area contributed by atoms with E-state index in [9.17, 15) is 18.0 Å². The van der Waals surface area contributed by atoms with Gasteiger partial charge in [0.2, 0.25) is 0 Å². The summed E-state index contributed by atoms with van der Waals surface area (Å²) < 4.78 is 48.3. The molecule has 0 fully saturated rings. The van der Waals surface area contributed by atoms with Gasteiger partial charge in [-0.25, -0.2) is 4.98 Å². The number of hydrogen-bond donors (Lipinski definition) is 1. The Morgan fingerprint density at radius 3 is 2.57 bits per heavy atom. The van der Waals surface area contributed by atoms with Gasteiger partial charge >= 0.3 is 6.18 Å².